The van der Waals surface area contributed by atoms with Crippen LogP contribution in [-0.4, -0.2) is 4.57 Å². The van der Waals surface area contributed by atoms with E-state index in [4.69, 9.17) is 0 Å². The van der Waals surface area contributed by atoms with Gasteiger partial charge in [0.05, 0.1) is 6.54 Å². The van der Waals surface area contributed by atoms with E-state index >= 15 is 0 Å². The minimum absolute atomic E-state index is 0. The third kappa shape index (κ3) is 11.3. The van der Waals surface area contributed by atoms with E-state index in [1.165, 1.54) is 101 Å². The van der Waals surface area contributed by atoms with Gasteiger partial charge in [0.15, 0.2) is 0 Å². The molecule has 0 radical (unpaired) electrons. The number of nitrogens with zero attached hydrogens (tertiary/aromatic N) is 2. The van der Waals surface area contributed by atoms with Gasteiger partial charge in [0.1, 0.15) is 18.9 Å². The molecule has 1 aromatic carbocycles. The molecule has 1 aromatic heterocycles. The van der Waals surface area contributed by atoms with Crippen molar-refractivity contribution < 1.29 is 21.5 Å². The van der Waals surface area contributed by atoms with Crippen LogP contribution >= 0.6 is 0 Å². The molecule has 30 heavy (non-hydrogen) atoms. The van der Waals surface area contributed by atoms with Crippen LogP contribution in [0.4, 0.5) is 0 Å². The van der Waals surface area contributed by atoms with Gasteiger partial charge in [-0.15, -0.1) is 0 Å². The normalized spacial score (nSPS) is 10.9. The first-order valence-corrected chi connectivity index (χ1v) is 12.4. The fraction of sp³-hybridized carbons (Fsp3) is 0.667. The maximum Gasteiger partial charge on any atom is 0.253 e. The smallest absolute Gasteiger partial charge is 0.253 e. The SMILES string of the molecule is CCCCCCCCCCCCCCCCn1cc[n+](Cc2ccccc2)c1C.[Br-]. The average Bonchev–Trinajstić information content (AvgIpc) is 3.08. The molecule has 0 saturated heterocycles. The summed E-state index contributed by atoms with van der Waals surface area (Å²) in [6.07, 6.45) is 24.4. The van der Waals surface area contributed by atoms with Crippen LogP contribution in [0.2, 0.25) is 0 Å². The lowest BCUT2D eigenvalue weighted by Gasteiger charge is -2.04. The van der Waals surface area contributed by atoms with Crippen LogP contribution in [0.25, 0.3) is 0 Å². The fourth-order valence-electron chi connectivity index (χ4n) is 4.20. The van der Waals surface area contributed by atoms with Gasteiger partial charge < -0.3 is 17.0 Å². The number of unbranched alkanes of at least 4 members (excludes halogenated alkanes) is 13. The molecule has 170 valence electrons. The monoisotopic (exact) mass is 476 g/mol. The second-order valence-electron chi connectivity index (χ2n) is 8.75. The third-order valence-corrected chi connectivity index (χ3v) is 6.21. The Kier molecular flexibility index (Phi) is 15.8. The van der Waals surface area contributed by atoms with Gasteiger partial charge in [-0.3, -0.25) is 0 Å². The highest BCUT2D eigenvalue weighted by Gasteiger charge is 2.11. The van der Waals surface area contributed by atoms with E-state index in [-0.39, 0.29) is 17.0 Å². The Bertz CT molecular complexity index is 636. The predicted molar refractivity (Wildman–Crippen MR) is 125 cm³/mol. The number of aryl methyl sites for hydroxylation is 1. The van der Waals surface area contributed by atoms with E-state index in [9.17, 15) is 0 Å². The van der Waals surface area contributed by atoms with Crippen molar-refractivity contribution in [3.05, 3.63) is 54.1 Å². The van der Waals surface area contributed by atoms with Gasteiger partial charge in [-0.1, -0.05) is 114 Å². The summed E-state index contributed by atoms with van der Waals surface area (Å²) in [6, 6.07) is 10.7. The number of benzene rings is 1. The molecule has 2 aromatic rings. The summed E-state index contributed by atoms with van der Waals surface area (Å²) in [7, 11) is 0. The Labute approximate surface area is 196 Å². The van der Waals surface area contributed by atoms with Crippen molar-refractivity contribution in [1.82, 2.24) is 4.57 Å². The highest BCUT2D eigenvalue weighted by molar-refractivity contribution is 5.13. The van der Waals surface area contributed by atoms with Gasteiger partial charge in [-0.25, -0.2) is 9.13 Å². The summed E-state index contributed by atoms with van der Waals surface area (Å²) < 4.78 is 4.78. The summed E-state index contributed by atoms with van der Waals surface area (Å²) in [5.41, 5.74) is 1.37. The Hall–Kier alpha value is -1.09. The summed E-state index contributed by atoms with van der Waals surface area (Å²) in [5, 5.41) is 0. The molecule has 0 amide bonds. The lowest BCUT2D eigenvalue weighted by atomic mass is 10.0. The minimum Gasteiger partial charge on any atom is -1.00 e. The first kappa shape index (κ1) is 26.9. The predicted octanol–water partition coefficient (Wildman–Crippen LogP) is 4.62. The zero-order chi connectivity index (χ0) is 20.6. The molecule has 0 unspecified atom stereocenters. The zero-order valence-electron chi connectivity index (χ0n) is 19.6. The van der Waals surface area contributed by atoms with E-state index in [1.807, 2.05) is 0 Å². The molecule has 0 spiro atoms. The lowest BCUT2D eigenvalue weighted by Crippen LogP contribution is -3.00. The quantitative estimate of drug-likeness (QED) is 0.232. The second kappa shape index (κ2) is 17.6. The van der Waals surface area contributed by atoms with Crippen LogP contribution in [-0.2, 0) is 13.1 Å². The Morgan fingerprint density at radius 1 is 0.700 bits per heavy atom. The van der Waals surface area contributed by atoms with Gasteiger partial charge in [-0.2, -0.15) is 0 Å². The fourth-order valence-corrected chi connectivity index (χ4v) is 4.20. The van der Waals surface area contributed by atoms with E-state index < -0.39 is 0 Å². The lowest BCUT2D eigenvalue weighted by molar-refractivity contribution is -0.694. The molecule has 0 N–H and O–H groups in total. The highest BCUT2D eigenvalue weighted by atomic mass is 79.9. The van der Waals surface area contributed by atoms with Crippen molar-refractivity contribution >= 4 is 0 Å². The van der Waals surface area contributed by atoms with Crippen LogP contribution in [0.3, 0.4) is 0 Å². The van der Waals surface area contributed by atoms with Crippen molar-refractivity contribution in [2.45, 2.75) is 117 Å². The van der Waals surface area contributed by atoms with Crippen LogP contribution in [0.1, 0.15) is 108 Å². The maximum absolute atomic E-state index is 2.42. The topological polar surface area (TPSA) is 8.81 Å². The molecule has 2 nitrogen and oxygen atoms in total. The number of halogens is 1. The van der Waals surface area contributed by atoms with Crippen molar-refractivity contribution in [3.63, 3.8) is 0 Å². The van der Waals surface area contributed by atoms with Crippen molar-refractivity contribution in [2.75, 3.05) is 0 Å². The maximum atomic E-state index is 2.42. The van der Waals surface area contributed by atoms with Crippen molar-refractivity contribution in [1.29, 1.82) is 0 Å². The van der Waals surface area contributed by atoms with Gasteiger partial charge in [0.25, 0.3) is 5.82 Å². The van der Waals surface area contributed by atoms with Crippen LogP contribution in [0.15, 0.2) is 42.7 Å². The molecule has 0 aliphatic heterocycles. The largest absolute Gasteiger partial charge is 1.00 e. The third-order valence-electron chi connectivity index (χ3n) is 6.21. The summed E-state index contributed by atoms with van der Waals surface area (Å²) >= 11 is 0. The Morgan fingerprint density at radius 2 is 1.20 bits per heavy atom. The standard InChI is InChI=1S/C27H45N2.BrH/c1-3-4-5-6-7-8-9-10-11-12-13-14-15-19-22-28-23-24-29(26(28)2)25-27-20-17-16-18-21-27;/h16-18,20-21,23-24H,3-15,19,22,25H2,1-2H3;1H/q+1;/p-1. The molecule has 0 saturated carbocycles. The molecule has 0 atom stereocenters. The summed E-state index contributed by atoms with van der Waals surface area (Å²) in [6.45, 7) is 6.67. The Balaban J connectivity index is 0.00000450. The number of hydrogen-bond donors (Lipinski definition) is 0. The Morgan fingerprint density at radius 3 is 1.73 bits per heavy atom. The molecule has 0 aliphatic rings. The summed E-state index contributed by atoms with van der Waals surface area (Å²) in [4.78, 5) is 0. The van der Waals surface area contributed by atoms with Crippen molar-refractivity contribution in [2.24, 2.45) is 0 Å². The molecule has 3 heteroatoms. The van der Waals surface area contributed by atoms with E-state index in [0.717, 1.165) is 13.1 Å². The number of rotatable bonds is 17. The second-order valence-corrected chi connectivity index (χ2v) is 8.75. The molecular formula is C27H45BrN2. The van der Waals surface area contributed by atoms with Gasteiger partial charge in [0, 0.05) is 6.92 Å². The van der Waals surface area contributed by atoms with Crippen LogP contribution < -0.4 is 21.5 Å². The molecule has 0 aliphatic carbocycles. The number of imidazole rings is 1. The van der Waals surface area contributed by atoms with Gasteiger partial charge >= 0.3 is 0 Å². The number of aromatic nitrogens is 2. The molecule has 1 heterocycles. The van der Waals surface area contributed by atoms with E-state index in [2.05, 4.69) is 65.7 Å². The molecular weight excluding hydrogens is 432 g/mol. The molecule has 0 bridgehead atoms. The summed E-state index contributed by atoms with van der Waals surface area (Å²) in [5.74, 6) is 1.36. The van der Waals surface area contributed by atoms with Crippen LogP contribution in [0.5, 0.6) is 0 Å². The molecule has 2 rings (SSSR count). The molecule has 0 fully saturated rings. The van der Waals surface area contributed by atoms with E-state index in [1.54, 1.807) is 0 Å². The highest BCUT2D eigenvalue weighted by Crippen LogP contribution is 2.13. The zero-order valence-corrected chi connectivity index (χ0v) is 21.2. The first-order chi connectivity index (χ1) is 14.3. The van der Waals surface area contributed by atoms with Crippen LogP contribution in [0, 0.1) is 6.92 Å². The first-order valence-electron chi connectivity index (χ1n) is 12.4. The number of hydrogen-bond acceptors (Lipinski definition) is 0. The van der Waals surface area contributed by atoms with E-state index in [0.29, 0.717) is 0 Å². The van der Waals surface area contributed by atoms with Gasteiger partial charge in [0.2, 0.25) is 0 Å². The minimum atomic E-state index is 0. The van der Waals surface area contributed by atoms with Crippen molar-refractivity contribution in [3.8, 4) is 0 Å². The van der Waals surface area contributed by atoms with Gasteiger partial charge in [-0.05, 0) is 18.4 Å². The average molecular weight is 478 g/mol.